The van der Waals surface area contributed by atoms with Gasteiger partial charge in [-0.1, -0.05) is 19.1 Å². The summed E-state index contributed by atoms with van der Waals surface area (Å²) in [6.45, 7) is 3.83. The van der Waals surface area contributed by atoms with Crippen LogP contribution in [0.15, 0.2) is 36.4 Å². The van der Waals surface area contributed by atoms with Crippen LogP contribution in [-0.2, 0) is 19.6 Å². The highest BCUT2D eigenvalue weighted by Gasteiger charge is 2.20. The molecule has 1 heterocycles. The molecular weight excluding hydrogens is 266 g/mol. The Morgan fingerprint density at radius 2 is 1.85 bits per heavy atom. The van der Waals surface area contributed by atoms with Crippen LogP contribution in [0.3, 0.4) is 0 Å². The second-order valence-electron chi connectivity index (χ2n) is 5.31. The largest absolute Gasteiger partial charge is 0.488 e. The number of nitrogens with one attached hydrogen (secondary N) is 1. The first-order valence-corrected chi connectivity index (χ1v) is 8.18. The van der Waals surface area contributed by atoms with Crippen LogP contribution in [0.2, 0.25) is 0 Å². The molecule has 0 atom stereocenters. The second kappa shape index (κ2) is 6.42. The Labute approximate surface area is 124 Å². The van der Waals surface area contributed by atoms with E-state index in [1.54, 1.807) is 0 Å². The van der Waals surface area contributed by atoms with E-state index in [1.807, 2.05) is 11.3 Å². The molecule has 106 valence electrons. The van der Waals surface area contributed by atoms with Crippen LogP contribution in [0.4, 0.5) is 0 Å². The number of aryl methyl sites for hydroxylation is 1. The highest BCUT2D eigenvalue weighted by atomic mass is 32.1. The summed E-state index contributed by atoms with van der Waals surface area (Å²) in [5.41, 5.74) is 1.35. The van der Waals surface area contributed by atoms with Gasteiger partial charge in [0.05, 0.1) is 0 Å². The molecule has 0 radical (unpaired) electrons. The van der Waals surface area contributed by atoms with Gasteiger partial charge in [-0.3, -0.25) is 0 Å². The van der Waals surface area contributed by atoms with E-state index in [4.69, 9.17) is 4.74 Å². The van der Waals surface area contributed by atoms with Gasteiger partial charge in [0.1, 0.15) is 12.4 Å². The first kappa shape index (κ1) is 13.7. The van der Waals surface area contributed by atoms with Crippen LogP contribution in [0.1, 0.15) is 35.1 Å². The van der Waals surface area contributed by atoms with Crippen LogP contribution in [0.25, 0.3) is 0 Å². The van der Waals surface area contributed by atoms with Crippen molar-refractivity contribution in [2.45, 2.75) is 45.4 Å². The molecule has 1 fully saturated rings. The monoisotopic (exact) mass is 287 g/mol. The highest BCUT2D eigenvalue weighted by Crippen LogP contribution is 2.23. The van der Waals surface area contributed by atoms with Gasteiger partial charge in [-0.15, -0.1) is 11.3 Å². The summed E-state index contributed by atoms with van der Waals surface area (Å²) in [6, 6.07) is 13.5. The lowest BCUT2D eigenvalue weighted by atomic mass is 10.2. The smallest absolute Gasteiger partial charge is 0.122 e. The third kappa shape index (κ3) is 3.84. The van der Waals surface area contributed by atoms with Gasteiger partial charge in [-0.2, -0.15) is 0 Å². The van der Waals surface area contributed by atoms with Gasteiger partial charge in [-0.05, 0) is 49.1 Å². The number of rotatable bonds is 7. The molecule has 0 spiro atoms. The summed E-state index contributed by atoms with van der Waals surface area (Å²) in [7, 11) is 0. The number of benzene rings is 1. The Morgan fingerprint density at radius 3 is 2.55 bits per heavy atom. The molecule has 3 rings (SSSR count). The predicted molar refractivity (Wildman–Crippen MR) is 84.3 cm³/mol. The summed E-state index contributed by atoms with van der Waals surface area (Å²) in [5.74, 6) is 0.952. The molecule has 1 aromatic heterocycles. The van der Waals surface area contributed by atoms with Gasteiger partial charge in [-0.25, -0.2) is 0 Å². The number of ether oxygens (including phenoxy) is 1. The summed E-state index contributed by atoms with van der Waals surface area (Å²) < 4.78 is 5.83. The molecule has 0 bridgehead atoms. The molecule has 1 N–H and O–H groups in total. The van der Waals surface area contributed by atoms with Gasteiger partial charge < -0.3 is 10.1 Å². The zero-order valence-corrected chi connectivity index (χ0v) is 12.7. The van der Waals surface area contributed by atoms with Gasteiger partial charge in [0.15, 0.2) is 0 Å². The van der Waals surface area contributed by atoms with Gasteiger partial charge in [0, 0.05) is 22.3 Å². The maximum absolute atomic E-state index is 5.83. The van der Waals surface area contributed by atoms with Crippen LogP contribution in [0, 0.1) is 0 Å². The third-order valence-corrected chi connectivity index (χ3v) is 4.63. The molecule has 20 heavy (non-hydrogen) atoms. The van der Waals surface area contributed by atoms with Crippen molar-refractivity contribution in [3.63, 3.8) is 0 Å². The van der Waals surface area contributed by atoms with Crippen molar-refractivity contribution in [2.24, 2.45) is 0 Å². The van der Waals surface area contributed by atoms with E-state index < -0.39 is 0 Å². The Morgan fingerprint density at radius 1 is 1.10 bits per heavy atom. The van der Waals surface area contributed by atoms with Crippen molar-refractivity contribution in [1.82, 2.24) is 5.32 Å². The SMILES string of the molecule is CCc1ccc(OCc2ccc(CNC3CC3)s2)cc1. The molecule has 1 saturated carbocycles. The van der Waals surface area contributed by atoms with Crippen molar-refractivity contribution in [2.75, 3.05) is 0 Å². The van der Waals surface area contributed by atoms with E-state index in [0.717, 1.165) is 24.8 Å². The van der Waals surface area contributed by atoms with Crippen molar-refractivity contribution < 1.29 is 4.74 Å². The first-order chi connectivity index (χ1) is 9.83. The van der Waals surface area contributed by atoms with Crippen LogP contribution >= 0.6 is 11.3 Å². The van der Waals surface area contributed by atoms with Gasteiger partial charge in [0.2, 0.25) is 0 Å². The van der Waals surface area contributed by atoms with Gasteiger partial charge >= 0.3 is 0 Å². The molecule has 3 heteroatoms. The third-order valence-electron chi connectivity index (χ3n) is 3.57. The van der Waals surface area contributed by atoms with E-state index in [2.05, 4.69) is 48.6 Å². The highest BCUT2D eigenvalue weighted by molar-refractivity contribution is 7.11. The Hall–Kier alpha value is -1.32. The van der Waals surface area contributed by atoms with Crippen molar-refractivity contribution in [3.8, 4) is 5.75 Å². The van der Waals surface area contributed by atoms with E-state index >= 15 is 0 Å². The molecule has 2 aromatic rings. The molecule has 0 amide bonds. The lowest BCUT2D eigenvalue weighted by molar-refractivity contribution is 0.310. The number of thiophene rings is 1. The fourth-order valence-corrected chi connectivity index (χ4v) is 2.99. The van der Waals surface area contributed by atoms with Crippen molar-refractivity contribution >= 4 is 11.3 Å². The quantitative estimate of drug-likeness (QED) is 0.826. The van der Waals surface area contributed by atoms with Gasteiger partial charge in [0.25, 0.3) is 0 Å². The first-order valence-electron chi connectivity index (χ1n) is 7.36. The molecule has 2 nitrogen and oxygen atoms in total. The van der Waals surface area contributed by atoms with E-state index in [0.29, 0.717) is 6.61 Å². The molecular formula is C17H21NOS. The number of hydrogen-bond acceptors (Lipinski definition) is 3. The summed E-state index contributed by atoms with van der Waals surface area (Å²) in [6.07, 6.45) is 3.76. The fourth-order valence-electron chi connectivity index (χ4n) is 2.10. The predicted octanol–water partition coefficient (Wildman–Crippen LogP) is 4.14. The minimum Gasteiger partial charge on any atom is -0.488 e. The maximum atomic E-state index is 5.83. The van der Waals surface area contributed by atoms with E-state index in [-0.39, 0.29) is 0 Å². The average Bonchev–Trinajstić information content (AvgIpc) is 3.22. The fraction of sp³-hybridized carbons (Fsp3) is 0.412. The Balaban J connectivity index is 1.49. The molecule has 1 aliphatic carbocycles. The zero-order valence-electron chi connectivity index (χ0n) is 11.9. The maximum Gasteiger partial charge on any atom is 0.122 e. The van der Waals surface area contributed by atoms with Crippen molar-refractivity contribution in [3.05, 3.63) is 51.7 Å². The average molecular weight is 287 g/mol. The van der Waals surface area contributed by atoms with Crippen molar-refractivity contribution in [1.29, 1.82) is 0 Å². The molecule has 0 aliphatic heterocycles. The number of hydrogen-bond donors (Lipinski definition) is 1. The van der Waals surface area contributed by atoms with E-state index in [9.17, 15) is 0 Å². The zero-order chi connectivity index (χ0) is 13.8. The van der Waals surface area contributed by atoms with Crippen LogP contribution < -0.4 is 10.1 Å². The molecule has 1 aromatic carbocycles. The Kier molecular flexibility index (Phi) is 4.38. The normalized spacial score (nSPS) is 14.4. The van der Waals surface area contributed by atoms with E-state index in [1.165, 1.54) is 28.2 Å². The molecule has 0 saturated heterocycles. The lowest BCUT2D eigenvalue weighted by Crippen LogP contribution is -2.14. The summed E-state index contributed by atoms with van der Waals surface area (Å²) in [4.78, 5) is 2.69. The minimum absolute atomic E-state index is 0.666. The standard InChI is InChI=1S/C17H21NOS/c1-2-13-3-7-15(8-4-13)19-12-17-10-9-16(20-17)11-18-14-5-6-14/h3-4,7-10,14,18H,2,5-6,11-12H2,1H3. The minimum atomic E-state index is 0.666. The lowest BCUT2D eigenvalue weighted by Gasteiger charge is -2.05. The topological polar surface area (TPSA) is 21.3 Å². The summed E-state index contributed by atoms with van der Waals surface area (Å²) in [5, 5.41) is 3.54. The van der Waals surface area contributed by atoms with Crippen LogP contribution in [0.5, 0.6) is 5.75 Å². The second-order valence-corrected chi connectivity index (χ2v) is 6.56. The Bertz CT molecular complexity index is 542. The van der Waals surface area contributed by atoms with Crippen LogP contribution in [-0.4, -0.2) is 6.04 Å². The summed E-state index contributed by atoms with van der Waals surface area (Å²) >= 11 is 1.84. The molecule has 0 unspecified atom stereocenters. The molecule has 1 aliphatic rings.